The van der Waals surface area contributed by atoms with Crippen LogP contribution >= 0.6 is 0 Å². The van der Waals surface area contributed by atoms with E-state index in [-0.39, 0.29) is 256 Å². The third-order valence-electron chi connectivity index (χ3n) is 7.18. The molecule has 0 fully saturated rings. The Morgan fingerprint density at radius 3 is 1.49 bits per heavy atom. The van der Waals surface area contributed by atoms with Crippen molar-refractivity contribution in [3.05, 3.63) is 0 Å². The first-order chi connectivity index (χ1) is 20.9. The van der Waals surface area contributed by atoms with Crippen LogP contribution in [0.15, 0.2) is 0 Å². The van der Waals surface area contributed by atoms with Crippen LogP contribution in [0.25, 0.3) is 0 Å². The summed E-state index contributed by atoms with van der Waals surface area (Å²) in [5, 5.41) is 38.9. The molecule has 0 bridgehead atoms. The molecule has 0 aliphatic carbocycles. The average molecular weight is 843 g/mol. The van der Waals surface area contributed by atoms with Crippen molar-refractivity contribution in [3.63, 3.8) is 0 Å². The smallest absolute Gasteiger partial charge is 0.881 e. The van der Waals surface area contributed by atoms with Gasteiger partial charge in [0.05, 0.1) is 24.0 Å². The summed E-state index contributed by atoms with van der Waals surface area (Å²) in [6.07, 6.45) is -6.50. The zero-order chi connectivity index (χ0) is 35.1. The molecule has 0 aromatic heterocycles. The molecule has 0 aliphatic rings. The normalized spacial score (nSPS) is 13.6. The van der Waals surface area contributed by atoms with Gasteiger partial charge in [-0.3, -0.25) is 23.2 Å². The van der Waals surface area contributed by atoms with Gasteiger partial charge in [0.25, 0.3) is 0 Å². The summed E-state index contributed by atoms with van der Waals surface area (Å²) < 4.78 is 9.43. The number of carboxylic acid groups (broad SMARTS) is 3. The molecule has 1 N–H and O–H groups in total. The molecule has 0 spiro atoms. The van der Waals surface area contributed by atoms with E-state index in [1.165, 1.54) is 20.8 Å². The molecule has 0 heterocycles. The molecule has 0 aromatic carbocycles. The van der Waals surface area contributed by atoms with Gasteiger partial charge >= 0.3 is 236 Å². The number of aliphatic carboxylic acids is 3. The number of carbonyl (C=O) groups excluding carboxylic acids is 8. The van der Waals surface area contributed by atoms with E-state index in [0.717, 1.165) is 24.8 Å². The van der Waals surface area contributed by atoms with Gasteiger partial charge in [-0.1, -0.05) is 19.9 Å². The maximum Gasteiger partial charge on any atom is 1.00 e. The maximum atomic E-state index is 13.9. The fraction of sp³-hybridized carbons (Fsp3) is 0.692. The van der Waals surface area contributed by atoms with Crippen LogP contribution in [0, 0.1) is 29.6 Å². The summed E-state index contributed by atoms with van der Waals surface area (Å²) in [6, 6.07) is -0.836. The predicted molar refractivity (Wildman–Crippen MR) is 135 cm³/mol. The van der Waals surface area contributed by atoms with Crippen molar-refractivity contribution < 1.29 is 314 Å². The van der Waals surface area contributed by atoms with Crippen LogP contribution in [0.3, 0.4) is 0 Å². The molecule has 18 nitrogen and oxygen atoms in total. The Kier molecular flexibility index (Phi) is 60.7. The van der Waals surface area contributed by atoms with Crippen molar-refractivity contribution in [2.45, 2.75) is 65.2 Å². The Balaban J connectivity index is -0.000000346. The van der Waals surface area contributed by atoms with Crippen LogP contribution in [0.2, 0.25) is 6.04 Å². The van der Waals surface area contributed by atoms with Gasteiger partial charge in [0.1, 0.15) is 5.78 Å². The summed E-state index contributed by atoms with van der Waals surface area (Å²) in [6.45, 7) is 5.99. The topological polar surface area (TPSA) is 309 Å². The number of hydrogen-bond donors (Lipinski definition) is 1. The van der Waals surface area contributed by atoms with Crippen LogP contribution in [0.4, 0.5) is 0 Å². The molecular formula is C26H34N2Na8O16Si. The first kappa shape index (κ1) is 77.6. The van der Waals surface area contributed by atoms with Gasteiger partial charge in [-0.15, -0.1) is 6.04 Å². The summed E-state index contributed by atoms with van der Waals surface area (Å²) in [4.78, 5) is 133. The van der Waals surface area contributed by atoms with Crippen LogP contribution in [-0.2, 0) is 47.8 Å². The molecule has 0 saturated carbocycles. The van der Waals surface area contributed by atoms with E-state index in [1.54, 1.807) is 0 Å². The summed E-state index contributed by atoms with van der Waals surface area (Å²) in [5.74, 6) is -21.4. The molecule has 0 aromatic rings. The summed E-state index contributed by atoms with van der Waals surface area (Å²) in [5.41, 5.74) is 0. The fourth-order valence-corrected chi connectivity index (χ4v) is 5.78. The fourth-order valence-electron chi connectivity index (χ4n) is 5.17. The minimum atomic E-state index is -5.23. The van der Waals surface area contributed by atoms with Gasteiger partial charge < -0.3 is 73.4 Å². The Labute approximate surface area is 487 Å². The standard InChI is InChI=1S/C26H37N2O16Si.8Na/c1-5-15(23(34)27-9-8-10-45(40,41)42)19(25(36)37)20(26(38)39)21(24(35)28(6-2)7-3)22(44-13-30)18(14(4)31)16(43-12-29)11-17(32)33;;;;;;;;/h15-16,18-22H,5-11H2,1-4H3,(H,27,34)(H,32,33)(H,36,37)(H,38,39);;;;;;;;/q-5;8*+1/p-3/t15?,16?,18?,19-,20?,21?,22?;;;;;;;;/m1......../s1. The molecule has 256 valence electrons. The van der Waals surface area contributed by atoms with Crippen molar-refractivity contribution in [1.82, 2.24) is 10.2 Å². The number of Topliss-reactive ketones (excluding diaryl/α,β-unsaturated/α-hetero) is 1. The van der Waals surface area contributed by atoms with E-state index in [4.69, 9.17) is 4.74 Å². The van der Waals surface area contributed by atoms with Crippen molar-refractivity contribution >= 4 is 57.3 Å². The number of rotatable bonds is 24. The molecule has 6 unspecified atom stereocenters. The molecule has 0 saturated heterocycles. The van der Waals surface area contributed by atoms with E-state index in [0.29, 0.717) is 0 Å². The Morgan fingerprint density at radius 2 is 1.17 bits per heavy atom. The van der Waals surface area contributed by atoms with Crippen LogP contribution in [-0.4, -0.2) is 94.0 Å². The van der Waals surface area contributed by atoms with Gasteiger partial charge in [0, 0.05) is 61.7 Å². The molecule has 27 heteroatoms. The van der Waals surface area contributed by atoms with E-state index in [9.17, 15) is 68.1 Å². The minimum Gasteiger partial charge on any atom is -0.881 e. The van der Waals surface area contributed by atoms with Crippen LogP contribution < -0.4 is 271 Å². The molecule has 0 aliphatic heterocycles. The van der Waals surface area contributed by atoms with Crippen LogP contribution in [0.5, 0.6) is 0 Å². The number of ketones is 1. The van der Waals surface area contributed by atoms with Gasteiger partial charge in [0.15, 0.2) is 0 Å². The van der Waals surface area contributed by atoms with Crippen molar-refractivity contribution in [1.29, 1.82) is 0 Å². The Morgan fingerprint density at radius 1 is 0.717 bits per heavy atom. The van der Waals surface area contributed by atoms with Crippen molar-refractivity contribution in [2.75, 3.05) is 19.6 Å². The average Bonchev–Trinajstić information content (AvgIpc) is 2.92. The van der Waals surface area contributed by atoms with Crippen molar-refractivity contribution in [2.24, 2.45) is 29.6 Å². The maximum absolute atomic E-state index is 13.9. The number of nitrogens with zero attached hydrogens (tertiary/aromatic N) is 1. The monoisotopic (exact) mass is 842 g/mol. The zero-order valence-corrected chi connectivity index (χ0v) is 50.0. The number of hydrogen-bond acceptors (Lipinski definition) is 16. The first-order valence-electron chi connectivity index (χ1n) is 13.8. The summed E-state index contributed by atoms with van der Waals surface area (Å²) in [7, 11) is -5.23. The van der Waals surface area contributed by atoms with Gasteiger partial charge in [-0.05, 0) is 33.6 Å². The van der Waals surface area contributed by atoms with E-state index in [2.05, 4.69) is 10.1 Å². The van der Waals surface area contributed by atoms with E-state index >= 15 is 0 Å². The van der Waals surface area contributed by atoms with Gasteiger partial charge in [-0.25, -0.2) is 0 Å². The third-order valence-corrected chi connectivity index (χ3v) is 8.14. The number of amides is 2. The molecule has 2 amide bonds. The molecule has 0 radical (unpaired) electrons. The van der Waals surface area contributed by atoms with E-state index in [1.807, 2.05) is 0 Å². The Bertz CT molecular complexity index is 1090. The van der Waals surface area contributed by atoms with Crippen molar-refractivity contribution in [3.8, 4) is 0 Å². The van der Waals surface area contributed by atoms with Gasteiger partial charge in [-0.2, -0.15) is 0 Å². The molecule has 7 atom stereocenters. The van der Waals surface area contributed by atoms with E-state index < -0.39 is 112 Å². The van der Waals surface area contributed by atoms with Crippen LogP contribution in [0.1, 0.15) is 47.0 Å². The predicted octanol–water partition coefficient (Wildman–Crippen LogP) is -32.0. The number of carboxylic acids is 3. The Hall–Kier alpha value is 4.06. The summed E-state index contributed by atoms with van der Waals surface area (Å²) >= 11 is 0. The molecule has 0 rings (SSSR count). The molecular weight excluding hydrogens is 808 g/mol. The number of carbonyl (C=O) groups is 6. The SMILES string of the molecule is CCC(C(=O)NCCC[Si]([O-])([O-])[O-])[C@@H](C(=O)[O-])C(C(=O)[O-])C(C(=O)N(CC)CC)C(O[C-]=O)C(C(C)=O)C(CC(=O)[O-])O[C-]=O.[Na+].[Na+].[Na+].[Na+].[Na+].[Na+].[Na+].[Na+]. The second-order valence-corrected chi connectivity index (χ2v) is 11.8. The second-order valence-electron chi connectivity index (χ2n) is 9.94. The number of nitrogens with one attached hydrogen (secondary N) is 1. The quantitative estimate of drug-likeness (QED) is 0.0536. The number of ether oxygens (including phenoxy) is 2. The first-order valence-corrected chi connectivity index (χ1v) is 15.7. The largest absolute Gasteiger partial charge is 1.00 e. The van der Waals surface area contributed by atoms with Gasteiger partial charge in [0.2, 0.25) is 11.8 Å². The second kappa shape index (κ2) is 41.4. The zero-order valence-electron chi connectivity index (χ0n) is 33.0. The molecule has 53 heavy (non-hydrogen) atoms. The third kappa shape index (κ3) is 28.3. The minimum absolute atomic E-state index is 0.